The van der Waals surface area contributed by atoms with E-state index < -0.39 is 0 Å². The average molecular weight is 1710 g/mol. The smallest absolute Gasteiger partial charge is 0.0533 e. The maximum absolute atomic E-state index is 2.27. The third-order valence-corrected chi connectivity index (χ3v) is 23.5. The fraction of sp³-hybridized carbons (Fsp3) is 1.00. The van der Waals surface area contributed by atoms with Gasteiger partial charge < -0.3 is 0 Å². The Hall–Kier alpha value is 0. The zero-order valence-corrected chi connectivity index (χ0v) is 91.9. The lowest BCUT2D eigenvalue weighted by Gasteiger charge is -1.97. The predicted molar refractivity (Wildman–Crippen MR) is 579 cm³/mol. The number of unbranched alkanes of at least 4 members (excludes halogenated alkanes) is 84. The number of hydrogen-bond acceptors (Lipinski definition) is 0. The van der Waals surface area contributed by atoms with Gasteiger partial charge in [-0.2, -0.15) is 0 Å². The summed E-state index contributed by atoms with van der Waals surface area (Å²) in [5.74, 6) is 0. The van der Waals surface area contributed by atoms with Gasteiger partial charge in [0.1, 0.15) is 0 Å². The Morgan fingerprint density at radius 1 is 0.0417 bits per heavy atom. The van der Waals surface area contributed by atoms with Crippen molar-refractivity contribution < 1.29 is 0 Å². The summed E-state index contributed by atoms with van der Waals surface area (Å²) < 4.78 is 0. The molecule has 0 rings (SSSR count). The molecular formula is C120H264. The van der Waals surface area contributed by atoms with E-state index in [2.05, 4.69) is 166 Å². The fourth-order valence-corrected chi connectivity index (χ4v) is 14.5. The largest absolute Gasteiger partial charge is 0.0654 e. The van der Waals surface area contributed by atoms with Gasteiger partial charge in [-0.1, -0.05) is 783 Å². The fourth-order valence-electron chi connectivity index (χ4n) is 14.5. The molecular weight excluding hydrogens is 1440 g/mol. The maximum Gasteiger partial charge on any atom is -0.0533 e. The Morgan fingerprint density at radius 2 is 0.0667 bits per heavy atom. The van der Waals surface area contributed by atoms with Crippen LogP contribution < -0.4 is 0 Å². The highest BCUT2D eigenvalue weighted by Crippen LogP contribution is 2.17. The topological polar surface area (TPSA) is 0 Å². The summed E-state index contributed by atoms with van der Waals surface area (Å²) in [5.41, 5.74) is 0. The molecule has 0 unspecified atom stereocenters. The van der Waals surface area contributed by atoms with E-state index in [-0.39, 0.29) is 0 Å². The van der Waals surface area contributed by atoms with Crippen LogP contribution in [-0.4, -0.2) is 0 Å². The van der Waals surface area contributed by atoms with Crippen LogP contribution in [0.15, 0.2) is 0 Å². The van der Waals surface area contributed by atoms with E-state index in [1.807, 2.05) is 0 Å². The van der Waals surface area contributed by atoms with Crippen LogP contribution in [0.25, 0.3) is 0 Å². The molecule has 120 heavy (non-hydrogen) atoms. The third-order valence-electron chi connectivity index (χ3n) is 23.5. The summed E-state index contributed by atoms with van der Waals surface area (Å²) in [4.78, 5) is 0. The molecule has 0 saturated heterocycles. The molecule has 0 amide bonds. The molecule has 0 fully saturated rings. The second-order valence-corrected chi connectivity index (χ2v) is 37.5. The van der Waals surface area contributed by atoms with Gasteiger partial charge in [0.15, 0.2) is 0 Å². The lowest BCUT2D eigenvalue weighted by Crippen LogP contribution is -1.77. The molecule has 0 aromatic carbocycles. The first-order valence-corrected chi connectivity index (χ1v) is 59.0. The number of hydrogen-bond donors (Lipinski definition) is 0. The lowest BCUT2D eigenvalue weighted by atomic mass is 10.1. The van der Waals surface area contributed by atoms with E-state index >= 15 is 0 Å². The van der Waals surface area contributed by atoms with E-state index in [1.54, 1.807) is 0 Å². The monoisotopic (exact) mass is 1710 g/mol. The second kappa shape index (κ2) is 180. The van der Waals surface area contributed by atoms with Gasteiger partial charge in [-0.05, 0) is 0 Å². The summed E-state index contributed by atoms with van der Waals surface area (Å²) >= 11 is 0. The van der Waals surface area contributed by atoms with Gasteiger partial charge in [0, 0.05) is 0 Å². The standard InChI is InChI=1S/12C10H22/c12*1-3-5-7-9-10-8-6-4-2/h12*3-10H2,1-2H3. The molecule has 0 heterocycles. The van der Waals surface area contributed by atoms with Crippen LogP contribution >= 0.6 is 0 Å². The summed E-state index contributed by atoms with van der Waals surface area (Å²) in [6.07, 6.45) is 138. The molecule has 0 bridgehead atoms. The van der Waals surface area contributed by atoms with E-state index in [1.165, 1.54) is 616 Å². The minimum Gasteiger partial charge on any atom is -0.0654 e. The third kappa shape index (κ3) is 229. The van der Waals surface area contributed by atoms with Crippen molar-refractivity contribution in [2.75, 3.05) is 0 Å². The summed E-state index contributed by atoms with van der Waals surface area (Å²) in [7, 11) is 0. The molecule has 0 nitrogen and oxygen atoms in total. The molecule has 0 aliphatic carbocycles. The SMILES string of the molecule is CCCCCCCCCC.CCCCCCCCCC.CCCCCCCCCC.CCCCCCCCCC.CCCCCCCCCC.CCCCCCCCCC.CCCCCCCCCC.CCCCCCCCCC.CCCCCCCCCC.CCCCCCCCCC.CCCCCCCCCC.CCCCCCCCCC. The first kappa shape index (κ1) is 146. The van der Waals surface area contributed by atoms with Crippen LogP contribution in [0.1, 0.15) is 783 Å². The van der Waals surface area contributed by atoms with Gasteiger partial charge >= 0.3 is 0 Å². The molecule has 0 radical (unpaired) electrons. The van der Waals surface area contributed by atoms with Gasteiger partial charge in [-0.3, -0.25) is 0 Å². The Kier molecular flexibility index (Phi) is 218. The van der Waals surface area contributed by atoms with Crippen molar-refractivity contribution in [1.82, 2.24) is 0 Å². The molecule has 0 atom stereocenters. The first-order chi connectivity index (χ1) is 59.0. The minimum absolute atomic E-state index is 1.37. The molecule has 0 aliphatic rings. The van der Waals surface area contributed by atoms with E-state index in [0.717, 1.165) is 0 Å². The van der Waals surface area contributed by atoms with Crippen molar-refractivity contribution in [2.24, 2.45) is 0 Å². The highest BCUT2D eigenvalue weighted by molar-refractivity contribution is 4.53. The second-order valence-electron chi connectivity index (χ2n) is 37.5. The van der Waals surface area contributed by atoms with Crippen LogP contribution in [0.2, 0.25) is 0 Å². The van der Waals surface area contributed by atoms with Crippen LogP contribution in [0, 0.1) is 0 Å². The highest BCUT2D eigenvalue weighted by atomic mass is 14.0. The van der Waals surface area contributed by atoms with E-state index in [9.17, 15) is 0 Å². The summed E-state index contributed by atoms with van der Waals surface area (Å²) in [5, 5.41) is 0. The Bertz CT molecular complexity index is 824. The maximum atomic E-state index is 2.27. The molecule has 0 heteroatoms. The van der Waals surface area contributed by atoms with Crippen molar-refractivity contribution in [1.29, 1.82) is 0 Å². The predicted octanol–water partition coefficient (Wildman–Crippen LogP) is 49.8. The van der Waals surface area contributed by atoms with Crippen molar-refractivity contribution in [3.63, 3.8) is 0 Å². The number of rotatable bonds is 84. The van der Waals surface area contributed by atoms with Crippen LogP contribution in [-0.2, 0) is 0 Å². The molecule has 0 aromatic rings. The van der Waals surface area contributed by atoms with Crippen molar-refractivity contribution in [2.45, 2.75) is 783 Å². The van der Waals surface area contributed by atoms with Gasteiger partial charge in [0.05, 0.1) is 0 Å². The zero-order valence-electron chi connectivity index (χ0n) is 91.9. The first-order valence-electron chi connectivity index (χ1n) is 59.0. The molecule has 0 aromatic heterocycles. The quantitative estimate of drug-likeness (QED) is 0.0533. The van der Waals surface area contributed by atoms with Crippen molar-refractivity contribution in [3.8, 4) is 0 Å². The van der Waals surface area contributed by atoms with Gasteiger partial charge in [0.25, 0.3) is 0 Å². The van der Waals surface area contributed by atoms with E-state index in [0.29, 0.717) is 0 Å². The average Bonchev–Trinajstić information content (AvgIpc) is 2.87. The molecule has 0 spiro atoms. The van der Waals surface area contributed by atoms with Gasteiger partial charge in [-0.15, -0.1) is 0 Å². The highest BCUT2D eigenvalue weighted by Gasteiger charge is 1.97. The molecule has 0 N–H and O–H groups in total. The Morgan fingerprint density at radius 3 is 0.0917 bits per heavy atom. The molecule has 744 valence electrons. The van der Waals surface area contributed by atoms with E-state index in [4.69, 9.17) is 0 Å². The molecule has 0 saturated carbocycles. The van der Waals surface area contributed by atoms with Gasteiger partial charge in [-0.25, -0.2) is 0 Å². The summed E-state index contributed by atoms with van der Waals surface area (Å²) in [6.45, 7) is 54.5. The summed E-state index contributed by atoms with van der Waals surface area (Å²) in [6, 6.07) is 0. The Balaban J connectivity index is -0.000000106. The van der Waals surface area contributed by atoms with Crippen molar-refractivity contribution >= 4 is 0 Å². The van der Waals surface area contributed by atoms with Gasteiger partial charge in [0.2, 0.25) is 0 Å². The van der Waals surface area contributed by atoms with Crippen LogP contribution in [0.3, 0.4) is 0 Å². The van der Waals surface area contributed by atoms with Crippen LogP contribution in [0.4, 0.5) is 0 Å². The Labute approximate surface area is 777 Å². The normalized spacial score (nSPS) is 10.2. The zero-order chi connectivity index (χ0) is 91.9. The minimum atomic E-state index is 1.37. The lowest BCUT2D eigenvalue weighted by molar-refractivity contribution is 0.585. The van der Waals surface area contributed by atoms with Crippen molar-refractivity contribution in [3.05, 3.63) is 0 Å². The van der Waals surface area contributed by atoms with Crippen LogP contribution in [0.5, 0.6) is 0 Å². The molecule has 0 aliphatic heterocycles.